The number of nitrogens with one attached hydrogen (secondary N) is 2. The number of hydrogen-bond donors (Lipinski definition) is 2. The van der Waals surface area contributed by atoms with Crippen molar-refractivity contribution in [3.8, 4) is 28.7 Å². The first-order valence-corrected chi connectivity index (χ1v) is 10.3. The molecule has 32 heavy (non-hydrogen) atoms. The molecule has 0 atom stereocenters. The van der Waals surface area contributed by atoms with Gasteiger partial charge in [0.2, 0.25) is 0 Å². The standard InChI is InChI=1S/C25H25N5O2/c1-30(2)10-11-32-24-13-17(4-7-23(24)31-3)21-16-27-15-19(14-26)25(21)29-20-5-6-22-18(12-20)8-9-28-22/h4-9,12-13,15-16,28H,10-11H2,1-3H3,(H,27,29). The van der Waals surface area contributed by atoms with Crippen LogP contribution in [0.15, 0.2) is 61.1 Å². The highest BCUT2D eigenvalue weighted by atomic mass is 16.5. The fourth-order valence-electron chi connectivity index (χ4n) is 3.47. The van der Waals surface area contributed by atoms with E-state index >= 15 is 0 Å². The van der Waals surface area contributed by atoms with Crippen LogP contribution >= 0.6 is 0 Å². The minimum atomic E-state index is 0.461. The van der Waals surface area contributed by atoms with Crippen molar-refractivity contribution in [3.63, 3.8) is 0 Å². The quantitative estimate of drug-likeness (QED) is 0.420. The van der Waals surface area contributed by atoms with Crippen molar-refractivity contribution in [1.29, 1.82) is 5.26 Å². The number of nitrogens with zero attached hydrogens (tertiary/aromatic N) is 3. The smallest absolute Gasteiger partial charge is 0.161 e. The van der Waals surface area contributed by atoms with Crippen LogP contribution in [0.1, 0.15) is 5.56 Å². The van der Waals surface area contributed by atoms with Gasteiger partial charge in [0.15, 0.2) is 11.5 Å². The van der Waals surface area contributed by atoms with Gasteiger partial charge in [0.25, 0.3) is 0 Å². The molecule has 7 nitrogen and oxygen atoms in total. The number of pyridine rings is 1. The monoisotopic (exact) mass is 427 g/mol. The molecule has 2 aromatic heterocycles. The molecule has 0 aliphatic heterocycles. The summed E-state index contributed by atoms with van der Waals surface area (Å²) in [6, 6.07) is 16.0. The predicted molar refractivity (Wildman–Crippen MR) is 127 cm³/mol. The summed E-state index contributed by atoms with van der Waals surface area (Å²) in [6.45, 7) is 1.32. The van der Waals surface area contributed by atoms with Gasteiger partial charge >= 0.3 is 0 Å². The second kappa shape index (κ2) is 9.41. The third-order valence-electron chi connectivity index (χ3n) is 5.16. The van der Waals surface area contributed by atoms with Crippen LogP contribution in [-0.2, 0) is 0 Å². The van der Waals surface area contributed by atoms with Gasteiger partial charge in [-0.2, -0.15) is 5.26 Å². The van der Waals surface area contributed by atoms with Gasteiger partial charge in [-0.3, -0.25) is 4.98 Å². The molecule has 0 amide bonds. The summed E-state index contributed by atoms with van der Waals surface area (Å²) in [6.07, 6.45) is 5.23. The SMILES string of the molecule is COc1ccc(-c2cncc(C#N)c2Nc2ccc3[nH]ccc3c2)cc1OCCN(C)C. The Kier molecular flexibility index (Phi) is 6.24. The van der Waals surface area contributed by atoms with Crippen molar-refractivity contribution in [2.75, 3.05) is 39.7 Å². The first-order chi connectivity index (χ1) is 15.6. The number of ether oxygens (including phenoxy) is 2. The normalized spacial score (nSPS) is 10.8. The molecule has 0 spiro atoms. The van der Waals surface area contributed by atoms with E-state index < -0.39 is 0 Å². The zero-order valence-corrected chi connectivity index (χ0v) is 18.3. The molecule has 0 unspecified atom stereocenters. The third-order valence-corrected chi connectivity index (χ3v) is 5.16. The summed E-state index contributed by atoms with van der Waals surface area (Å²) in [5.41, 5.74) is 4.78. The van der Waals surface area contributed by atoms with Crippen molar-refractivity contribution >= 4 is 22.3 Å². The highest BCUT2D eigenvalue weighted by Gasteiger charge is 2.15. The number of aromatic nitrogens is 2. The maximum absolute atomic E-state index is 9.73. The number of rotatable bonds is 8. The molecule has 7 heteroatoms. The molecule has 0 saturated heterocycles. The number of fused-ring (bicyclic) bond motifs is 1. The maximum Gasteiger partial charge on any atom is 0.161 e. The van der Waals surface area contributed by atoms with Gasteiger partial charge in [-0.15, -0.1) is 0 Å². The summed E-state index contributed by atoms with van der Waals surface area (Å²) < 4.78 is 11.5. The van der Waals surface area contributed by atoms with E-state index in [4.69, 9.17) is 9.47 Å². The highest BCUT2D eigenvalue weighted by molar-refractivity contribution is 5.88. The number of H-pyrrole nitrogens is 1. The molecule has 4 aromatic rings. The molecule has 2 heterocycles. The van der Waals surface area contributed by atoms with Crippen LogP contribution < -0.4 is 14.8 Å². The van der Waals surface area contributed by atoms with Gasteiger partial charge in [-0.1, -0.05) is 6.07 Å². The van der Waals surface area contributed by atoms with Gasteiger partial charge in [0.05, 0.1) is 18.4 Å². The number of anilines is 2. The topological polar surface area (TPSA) is 86.2 Å². The highest BCUT2D eigenvalue weighted by Crippen LogP contribution is 2.37. The first-order valence-electron chi connectivity index (χ1n) is 10.3. The molecule has 0 radical (unpaired) electrons. The van der Waals surface area contributed by atoms with Crippen LogP contribution in [0.5, 0.6) is 11.5 Å². The molecule has 0 saturated carbocycles. The minimum Gasteiger partial charge on any atom is -0.493 e. The molecule has 0 aliphatic rings. The Hall–Kier alpha value is -4.02. The Morgan fingerprint density at radius 3 is 2.75 bits per heavy atom. The van der Waals surface area contributed by atoms with Gasteiger partial charge in [0, 0.05) is 47.3 Å². The molecule has 2 aromatic carbocycles. The van der Waals surface area contributed by atoms with E-state index in [-0.39, 0.29) is 0 Å². The zero-order chi connectivity index (χ0) is 22.5. The first kappa shape index (κ1) is 21.2. The molecule has 2 N–H and O–H groups in total. The van der Waals surface area contributed by atoms with E-state index in [1.807, 2.05) is 62.8 Å². The van der Waals surface area contributed by atoms with Crippen LogP contribution in [0, 0.1) is 11.3 Å². The van der Waals surface area contributed by atoms with Gasteiger partial charge in [0.1, 0.15) is 12.7 Å². The molecule has 0 bridgehead atoms. The molecular weight excluding hydrogens is 402 g/mol. The van der Waals surface area contributed by atoms with E-state index in [2.05, 4.69) is 26.3 Å². The largest absolute Gasteiger partial charge is 0.493 e. The molecule has 0 aliphatic carbocycles. The van der Waals surface area contributed by atoms with Crippen LogP contribution in [0.2, 0.25) is 0 Å². The van der Waals surface area contributed by atoms with Crippen LogP contribution in [0.25, 0.3) is 22.0 Å². The lowest BCUT2D eigenvalue weighted by molar-refractivity contribution is 0.251. The lowest BCUT2D eigenvalue weighted by atomic mass is 10.0. The second-order valence-electron chi connectivity index (χ2n) is 7.64. The molecule has 4 rings (SSSR count). The van der Waals surface area contributed by atoms with Gasteiger partial charge in [-0.25, -0.2) is 0 Å². The van der Waals surface area contributed by atoms with E-state index in [1.54, 1.807) is 19.5 Å². The van der Waals surface area contributed by atoms with Crippen molar-refractivity contribution < 1.29 is 9.47 Å². The number of methoxy groups -OCH3 is 1. The number of hydrogen-bond acceptors (Lipinski definition) is 6. The van der Waals surface area contributed by atoms with Crippen LogP contribution in [0.3, 0.4) is 0 Å². The van der Waals surface area contributed by atoms with Crippen LogP contribution in [-0.4, -0.2) is 49.2 Å². The Labute approximate surface area is 187 Å². The summed E-state index contributed by atoms with van der Waals surface area (Å²) in [5.74, 6) is 1.30. The number of aromatic amines is 1. The Morgan fingerprint density at radius 2 is 1.97 bits per heavy atom. The molecular formula is C25H25N5O2. The Balaban J connectivity index is 1.72. The fourth-order valence-corrected chi connectivity index (χ4v) is 3.47. The fraction of sp³-hybridized carbons (Fsp3) is 0.200. The maximum atomic E-state index is 9.73. The van der Waals surface area contributed by atoms with Gasteiger partial charge in [-0.05, 0) is 56.1 Å². The Morgan fingerprint density at radius 1 is 1.09 bits per heavy atom. The molecule has 0 fully saturated rings. The average molecular weight is 428 g/mol. The van der Waals surface area contributed by atoms with Crippen LogP contribution in [0.4, 0.5) is 11.4 Å². The van der Waals surface area contributed by atoms with E-state index in [0.717, 1.165) is 34.3 Å². The second-order valence-corrected chi connectivity index (χ2v) is 7.64. The van der Waals surface area contributed by atoms with Crippen molar-refractivity contribution in [1.82, 2.24) is 14.9 Å². The Bertz CT molecular complexity index is 1270. The summed E-state index contributed by atoms with van der Waals surface area (Å²) in [4.78, 5) is 9.53. The number of benzene rings is 2. The number of nitriles is 1. The van der Waals surface area contributed by atoms with Gasteiger partial charge < -0.3 is 24.7 Å². The van der Waals surface area contributed by atoms with E-state index in [1.165, 1.54) is 0 Å². The van der Waals surface area contributed by atoms with Crippen molar-refractivity contribution in [2.24, 2.45) is 0 Å². The average Bonchev–Trinajstić information content (AvgIpc) is 3.27. The lowest BCUT2D eigenvalue weighted by Gasteiger charge is -2.17. The summed E-state index contributed by atoms with van der Waals surface area (Å²) >= 11 is 0. The molecule has 162 valence electrons. The number of likely N-dealkylation sites (N-methyl/N-ethyl adjacent to an activating group) is 1. The predicted octanol–water partition coefficient (Wildman–Crippen LogP) is 4.79. The van der Waals surface area contributed by atoms with E-state index in [0.29, 0.717) is 29.4 Å². The van der Waals surface area contributed by atoms with Crippen molar-refractivity contribution in [3.05, 3.63) is 66.6 Å². The van der Waals surface area contributed by atoms with E-state index in [9.17, 15) is 5.26 Å². The summed E-state index contributed by atoms with van der Waals surface area (Å²) in [7, 11) is 5.62. The minimum absolute atomic E-state index is 0.461. The van der Waals surface area contributed by atoms with Crippen molar-refractivity contribution in [2.45, 2.75) is 0 Å². The summed E-state index contributed by atoms with van der Waals surface area (Å²) in [5, 5.41) is 14.2. The lowest BCUT2D eigenvalue weighted by Crippen LogP contribution is -2.19. The third kappa shape index (κ3) is 4.51. The zero-order valence-electron chi connectivity index (χ0n) is 18.3.